The molecule has 4 nitrogen and oxygen atoms in total. The number of carbonyl (C=O) groups is 1. The highest BCUT2D eigenvalue weighted by Gasteiger charge is 2.20. The van der Waals surface area contributed by atoms with E-state index in [1.807, 2.05) is 0 Å². The Labute approximate surface area is 85.0 Å². The molecule has 1 aliphatic heterocycles. The molecule has 0 aromatic heterocycles. The van der Waals surface area contributed by atoms with Gasteiger partial charge < -0.3 is 14.8 Å². The molecular weight excluding hydrogens is 182 g/mol. The Morgan fingerprint density at radius 1 is 1.36 bits per heavy atom. The maximum absolute atomic E-state index is 11.5. The van der Waals surface area contributed by atoms with Crippen molar-refractivity contribution in [3.8, 4) is 0 Å². The van der Waals surface area contributed by atoms with Crippen molar-refractivity contribution in [2.45, 2.75) is 31.7 Å². The van der Waals surface area contributed by atoms with Gasteiger partial charge in [-0.15, -0.1) is 0 Å². The lowest BCUT2D eigenvalue weighted by atomic mass is 10.1. The summed E-state index contributed by atoms with van der Waals surface area (Å²) in [5.74, 6) is -0.135. The predicted molar refractivity (Wildman–Crippen MR) is 53.1 cm³/mol. The first-order valence-corrected chi connectivity index (χ1v) is 5.23. The quantitative estimate of drug-likeness (QED) is 0.537. The smallest absolute Gasteiger partial charge is 0.323 e. The van der Waals surface area contributed by atoms with E-state index in [-0.39, 0.29) is 12.0 Å². The zero-order valence-corrected chi connectivity index (χ0v) is 8.75. The molecule has 1 saturated heterocycles. The molecule has 14 heavy (non-hydrogen) atoms. The first-order chi connectivity index (χ1) is 6.84. The van der Waals surface area contributed by atoms with Crippen LogP contribution in [0.25, 0.3) is 0 Å². The second kappa shape index (κ2) is 6.79. The summed E-state index contributed by atoms with van der Waals surface area (Å²) in [7, 11) is 1.59. The first-order valence-electron chi connectivity index (χ1n) is 5.23. The van der Waals surface area contributed by atoms with E-state index in [2.05, 4.69) is 5.32 Å². The van der Waals surface area contributed by atoms with Gasteiger partial charge in [-0.1, -0.05) is 12.8 Å². The zero-order chi connectivity index (χ0) is 10.2. The van der Waals surface area contributed by atoms with E-state index in [0.717, 1.165) is 25.8 Å². The van der Waals surface area contributed by atoms with Crippen LogP contribution in [0, 0.1) is 0 Å². The van der Waals surface area contributed by atoms with Crippen molar-refractivity contribution >= 4 is 5.97 Å². The van der Waals surface area contributed by atoms with Crippen molar-refractivity contribution in [3.63, 3.8) is 0 Å². The number of methoxy groups -OCH3 is 1. The van der Waals surface area contributed by atoms with Crippen LogP contribution in [0.3, 0.4) is 0 Å². The average Bonchev–Trinajstić information content (AvgIpc) is 2.46. The van der Waals surface area contributed by atoms with Gasteiger partial charge in [0.15, 0.2) is 0 Å². The summed E-state index contributed by atoms with van der Waals surface area (Å²) in [6, 6.07) is -0.102. The van der Waals surface area contributed by atoms with E-state index in [0.29, 0.717) is 13.2 Å². The van der Waals surface area contributed by atoms with Crippen LogP contribution in [-0.2, 0) is 14.3 Å². The Morgan fingerprint density at radius 3 is 3.00 bits per heavy atom. The maximum atomic E-state index is 11.5. The normalized spacial score (nSPS) is 22.8. The van der Waals surface area contributed by atoms with E-state index < -0.39 is 0 Å². The highest BCUT2D eigenvalue weighted by molar-refractivity contribution is 5.75. The first kappa shape index (κ1) is 11.5. The lowest BCUT2D eigenvalue weighted by Gasteiger charge is -2.14. The highest BCUT2D eigenvalue weighted by Crippen LogP contribution is 2.09. The number of hydrogen-bond donors (Lipinski definition) is 1. The molecular formula is C10H19NO3. The van der Waals surface area contributed by atoms with Gasteiger partial charge >= 0.3 is 5.97 Å². The van der Waals surface area contributed by atoms with Crippen LogP contribution in [0.15, 0.2) is 0 Å². The number of rotatable bonds is 4. The lowest BCUT2D eigenvalue weighted by molar-refractivity contribution is -0.147. The van der Waals surface area contributed by atoms with E-state index in [1.54, 1.807) is 7.11 Å². The molecule has 1 aliphatic rings. The molecule has 1 atom stereocenters. The largest absolute Gasteiger partial charge is 0.462 e. The fourth-order valence-electron chi connectivity index (χ4n) is 1.56. The minimum Gasteiger partial charge on any atom is -0.462 e. The van der Waals surface area contributed by atoms with Crippen LogP contribution >= 0.6 is 0 Å². The van der Waals surface area contributed by atoms with Crippen LogP contribution < -0.4 is 5.32 Å². The molecule has 0 radical (unpaired) electrons. The molecule has 1 rings (SSSR count). The Morgan fingerprint density at radius 2 is 2.21 bits per heavy atom. The maximum Gasteiger partial charge on any atom is 0.323 e. The molecule has 1 heterocycles. The molecule has 0 saturated carbocycles. The monoisotopic (exact) mass is 201 g/mol. The minimum absolute atomic E-state index is 0.102. The van der Waals surface area contributed by atoms with E-state index in [4.69, 9.17) is 9.47 Å². The summed E-state index contributed by atoms with van der Waals surface area (Å²) in [4.78, 5) is 11.5. The Hall–Kier alpha value is -0.610. The molecule has 4 heteroatoms. The third-order valence-corrected chi connectivity index (χ3v) is 2.38. The van der Waals surface area contributed by atoms with E-state index in [9.17, 15) is 4.79 Å². The van der Waals surface area contributed by atoms with Gasteiger partial charge in [-0.25, -0.2) is 0 Å². The van der Waals surface area contributed by atoms with Gasteiger partial charge in [0.05, 0.1) is 6.61 Å². The summed E-state index contributed by atoms with van der Waals surface area (Å²) in [6.07, 6.45) is 4.36. The Kier molecular flexibility index (Phi) is 5.56. The lowest BCUT2D eigenvalue weighted by Crippen LogP contribution is -2.37. The number of carbonyl (C=O) groups excluding carboxylic acids is 1. The van der Waals surface area contributed by atoms with Crippen LogP contribution in [0.2, 0.25) is 0 Å². The number of nitrogens with one attached hydrogen (secondary N) is 1. The Bertz CT molecular complexity index is 165. The van der Waals surface area contributed by atoms with Crippen LogP contribution in [-0.4, -0.2) is 38.9 Å². The third-order valence-electron chi connectivity index (χ3n) is 2.38. The number of ether oxygens (including phenoxy) is 2. The molecule has 0 bridgehead atoms. The van der Waals surface area contributed by atoms with Crippen LogP contribution in [0.4, 0.5) is 0 Å². The van der Waals surface area contributed by atoms with Crippen molar-refractivity contribution in [2.75, 3.05) is 26.9 Å². The zero-order valence-electron chi connectivity index (χ0n) is 8.75. The molecule has 0 spiro atoms. The van der Waals surface area contributed by atoms with Gasteiger partial charge in [0.25, 0.3) is 0 Å². The van der Waals surface area contributed by atoms with E-state index in [1.165, 1.54) is 6.42 Å². The summed E-state index contributed by atoms with van der Waals surface area (Å²) < 4.78 is 9.86. The summed E-state index contributed by atoms with van der Waals surface area (Å²) in [6.45, 7) is 1.75. The highest BCUT2D eigenvalue weighted by atomic mass is 16.6. The van der Waals surface area contributed by atoms with Crippen LogP contribution in [0.5, 0.6) is 0 Å². The van der Waals surface area contributed by atoms with Gasteiger partial charge in [-0.3, -0.25) is 4.79 Å². The molecule has 0 amide bonds. The second-order valence-corrected chi connectivity index (χ2v) is 3.52. The molecule has 1 fully saturated rings. The van der Waals surface area contributed by atoms with Crippen LogP contribution in [0.1, 0.15) is 25.7 Å². The second-order valence-electron chi connectivity index (χ2n) is 3.52. The molecule has 1 N–H and O–H groups in total. The fourth-order valence-corrected chi connectivity index (χ4v) is 1.56. The predicted octanol–water partition coefficient (Wildman–Crippen LogP) is 0.708. The van der Waals surface area contributed by atoms with E-state index >= 15 is 0 Å². The average molecular weight is 201 g/mol. The SMILES string of the molecule is COCCOC(=O)C1CCCCCN1. The Balaban J connectivity index is 2.20. The number of hydrogen-bond acceptors (Lipinski definition) is 4. The van der Waals surface area contributed by atoms with Gasteiger partial charge in [0.2, 0.25) is 0 Å². The van der Waals surface area contributed by atoms with Crippen molar-refractivity contribution in [1.82, 2.24) is 5.32 Å². The summed E-state index contributed by atoms with van der Waals surface area (Å²) >= 11 is 0. The standard InChI is InChI=1S/C10H19NO3/c1-13-7-8-14-10(12)9-5-3-2-4-6-11-9/h9,11H,2-8H2,1H3. The molecule has 1 unspecified atom stereocenters. The minimum atomic E-state index is -0.135. The summed E-state index contributed by atoms with van der Waals surface area (Å²) in [5.41, 5.74) is 0. The molecule has 0 aromatic rings. The topological polar surface area (TPSA) is 47.6 Å². The van der Waals surface area contributed by atoms with Gasteiger partial charge in [0.1, 0.15) is 12.6 Å². The van der Waals surface area contributed by atoms with Crippen molar-refractivity contribution in [1.29, 1.82) is 0 Å². The van der Waals surface area contributed by atoms with Crippen molar-refractivity contribution < 1.29 is 14.3 Å². The molecule has 0 aromatic carbocycles. The number of esters is 1. The van der Waals surface area contributed by atoms with Gasteiger partial charge in [0, 0.05) is 7.11 Å². The van der Waals surface area contributed by atoms with Gasteiger partial charge in [-0.2, -0.15) is 0 Å². The fraction of sp³-hybridized carbons (Fsp3) is 0.900. The molecule has 82 valence electrons. The molecule has 0 aliphatic carbocycles. The van der Waals surface area contributed by atoms with Gasteiger partial charge in [-0.05, 0) is 19.4 Å². The third kappa shape index (κ3) is 4.07. The van der Waals surface area contributed by atoms with Crippen molar-refractivity contribution in [3.05, 3.63) is 0 Å². The summed E-state index contributed by atoms with van der Waals surface area (Å²) in [5, 5.41) is 3.19. The van der Waals surface area contributed by atoms with Crippen molar-refractivity contribution in [2.24, 2.45) is 0 Å².